The summed E-state index contributed by atoms with van der Waals surface area (Å²) < 4.78 is 30.0. The van der Waals surface area contributed by atoms with Crippen LogP contribution in [0.2, 0.25) is 5.02 Å². The molecule has 0 N–H and O–H groups in total. The van der Waals surface area contributed by atoms with Crippen molar-refractivity contribution < 1.29 is 13.2 Å². The molecule has 0 fully saturated rings. The number of methoxy groups -OCH3 is 1. The van der Waals surface area contributed by atoms with E-state index in [-0.39, 0.29) is 10.6 Å². The normalized spacial score (nSPS) is 10.9. The molecule has 0 aliphatic heterocycles. The lowest BCUT2D eigenvalue weighted by atomic mass is 10.2. The molecular formula is C15H12ClNO3S. The fourth-order valence-corrected chi connectivity index (χ4v) is 3.42. The first-order valence-corrected chi connectivity index (χ1v) is 8.02. The van der Waals surface area contributed by atoms with Gasteiger partial charge in [0.2, 0.25) is 0 Å². The van der Waals surface area contributed by atoms with Gasteiger partial charge in [-0.2, -0.15) is 0 Å². The molecule has 2 aromatic carbocycles. The maximum absolute atomic E-state index is 12.4. The Hall–Kier alpha value is -2.03. The minimum atomic E-state index is -3.53. The van der Waals surface area contributed by atoms with Crippen LogP contribution in [-0.4, -0.2) is 15.5 Å². The topological polar surface area (TPSA) is 47.7 Å². The van der Waals surface area contributed by atoms with E-state index in [9.17, 15) is 8.42 Å². The van der Waals surface area contributed by atoms with Gasteiger partial charge in [-0.15, -0.1) is 0 Å². The Bertz CT molecular complexity index is 793. The lowest BCUT2D eigenvalue weighted by Crippen LogP contribution is -2.06. The van der Waals surface area contributed by atoms with E-state index in [1.54, 1.807) is 18.2 Å². The highest BCUT2D eigenvalue weighted by Crippen LogP contribution is 2.27. The van der Waals surface area contributed by atoms with Gasteiger partial charge in [0.05, 0.1) is 24.3 Å². The van der Waals surface area contributed by atoms with Crippen molar-refractivity contribution in [3.8, 4) is 5.75 Å². The number of nitrogens with zero attached hydrogens (tertiary/aromatic N) is 1. The van der Waals surface area contributed by atoms with E-state index in [1.807, 2.05) is 0 Å². The Labute approximate surface area is 128 Å². The standard InChI is InChI=1S/C15H12ClNO3S/c1-17-13-4-6-14(7-5-13)21(18,19)10-11-9-12(16)3-8-15(11)20-2/h3-9H,10H2,2H3. The summed E-state index contributed by atoms with van der Waals surface area (Å²) in [5.74, 6) is 0.259. The van der Waals surface area contributed by atoms with E-state index < -0.39 is 9.84 Å². The van der Waals surface area contributed by atoms with Crippen LogP contribution >= 0.6 is 11.6 Å². The summed E-state index contributed by atoms with van der Waals surface area (Å²) in [4.78, 5) is 3.40. The molecular weight excluding hydrogens is 310 g/mol. The Morgan fingerprint density at radius 1 is 1.19 bits per heavy atom. The van der Waals surface area contributed by atoms with Crippen molar-refractivity contribution >= 4 is 27.1 Å². The molecule has 0 unspecified atom stereocenters. The molecule has 0 bridgehead atoms. The highest BCUT2D eigenvalue weighted by atomic mass is 35.5. The van der Waals surface area contributed by atoms with Gasteiger partial charge in [0.15, 0.2) is 15.5 Å². The van der Waals surface area contributed by atoms with E-state index in [0.29, 0.717) is 22.0 Å². The summed E-state index contributed by atoms with van der Waals surface area (Å²) in [5.41, 5.74) is 0.897. The fourth-order valence-electron chi connectivity index (χ4n) is 1.88. The number of halogens is 1. The number of rotatable bonds is 4. The summed E-state index contributed by atoms with van der Waals surface area (Å²) >= 11 is 5.90. The molecule has 0 saturated carbocycles. The van der Waals surface area contributed by atoms with Gasteiger partial charge in [-0.05, 0) is 18.2 Å². The Kier molecular flexibility index (Phi) is 4.51. The first-order valence-electron chi connectivity index (χ1n) is 5.99. The van der Waals surface area contributed by atoms with Crippen LogP contribution in [-0.2, 0) is 15.6 Å². The molecule has 6 heteroatoms. The van der Waals surface area contributed by atoms with Crippen LogP contribution < -0.4 is 4.74 Å². The fraction of sp³-hybridized carbons (Fsp3) is 0.133. The molecule has 0 spiro atoms. The molecule has 21 heavy (non-hydrogen) atoms. The molecule has 108 valence electrons. The SMILES string of the molecule is [C-]#[N+]c1ccc(S(=O)(=O)Cc2cc(Cl)ccc2OC)cc1. The first kappa shape index (κ1) is 15.4. The quantitative estimate of drug-likeness (QED) is 0.803. The van der Waals surface area contributed by atoms with Crippen molar-refractivity contribution in [2.75, 3.05) is 7.11 Å². The third kappa shape index (κ3) is 3.54. The van der Waals surface area contributed by atoms with Gasteiger partial charge in [-0.3, -0.25) is 0 Å². The Morgan fingerprint density at radius 2 is 1.86 bits per heavy atom. The van der Waals surface area contributed by atoms with Crippen LogP contribution in [0.25, 0.3) is 4.85 Å². The average Bonchev–Trinajstić information content (AvgIpc) is 2.47. The number of hydrogen-bond donors (Lipinski definition) is 0. The third-order valence-corrected chi connectivity index (χ3v) is 4.83. The van der Waals surface area contributed by atoms with Gasteiger partial charge < -0.3 is 4.74 Å². The van der Waals surface area contributed by atoms with Crippen LogP contribution in [0.4, 0.5) is 5.69 Å². The molecule has 0 heterocycles. The van der Waals surface area contributed by atoms with Crippen molar-refractivity contribution in [2.45, 2.75) is 10.6 Å². The number of hydrogen-bond acceptors (Lipinski definition) is 3. The monoisotopic (exact) mass is 321 g/mol. The highest BCUT2D eigenvalue weighted by molar-refractivity contribution is 7.90. The van der Waals surface area contributed by atoms with E-state index in [1.165, 1.54) is 31.4 Å². The second kappa shape index (κ2) is 6.17. The molecule has 2 rings (SSSR count). The van der Waals surface area contributed by atoms with Crippen molar-refractivity contribution in [1.82, 2.24) is 0 Å². The molecule has 0 aliphatic carbocycles. The zero-order valence-corrected chi connectivity index (χ0v) is 12.8. The largest absolute Gasteiger partial charge is 0.496 e. The highest BCUT2D eigenvalue weighted by Gasteiger charge is 2.18. The summed E-state index contributed by atoms with van der Waals surface area (Å²) in [6.45, 7) is 6.87. The lowest BCUT2D eigenvalue weighted by Gasteiger charge is -2.10. The second-order valence-electron chi connectivity index (χ2n) is 4.32. The van der Waals surface area contributed by atoms with E-state index in [2.05, 4.69) is 4.85 Å². The van der Waals surface area contributed by atoms with Crippen molar-refractivity contribution in [3.63, 3.8) is 0 Å². The van der Waals surface area contributed by atoms with Gasteiger partial charge in [0.1, 0.15) is 5.75 Å². The minimum Gasteiger partial charge on any atom is -0.496 e. The summed E-state index contributed by atoms with van der Waals surface area (Å²) in [7, 11) is -2.05. The predicted molar refractivity (Wildman–Crippen MR) is 81.6 cm³/mol. The molecule has 0 saturated heterocycles. The lowest BCUT2D eigenvalue weighted by molar-refractivity contribution is 0.411. The first-order chi connectivity index (χ1) is 9.96. The Morgan fingerprint density at radius 3 is 2.43 bits per heavy atom. The summed E-state index contributed by atoms with van der Waals surface area (Å²) in [6.07, 6.45) is 0. The van der Waals surface area contributed by atoms with Crippen molar-refractivity contribution in [2.24, 2.45) is 0 Å². The zero-order valence-electron chi connectivity index (χ0n) is 11.2. The van der Waals surface area contributed by atoms with Crippen LogP contribution in [0.15, 0.2) is 47.4 Å². The molecule has 0 amide bonds. The molecule has 4 nitrogen and oxygen atoms in total. The zero-order chi connectivity index (χ0) is 15.5. The molecule has 0 radical (unpaired) electrons. The maximum atomic E-state index is 12.4. The second-order valence-corrected chi connectivity index (χ2v) is 6.75. The van der Waals surface area contributed by atoms with E-state index >= 15 is 0 Å². The number of sulfone groups is 1. The number of ether oxygens (including phenoxy) is 1. The smallest absolute Gasteiger partial charge is 0.187 e. The van der Waals surface area contributed by atoms with Gasteiger partial charge in [0.25, 0.3) is 0 Å². The van der Waals surface area contributed by atoms with Crippen molar-refractivity contribution in [1.29, 1.82) is 0 Å². The summed E-state index contributed by atoms with van der Waals surface area (Å²) in [5, 5.41) is 0.448. The minimum absolute atomic E-state index is 0.164. The van der Waals surface area contributed by atoms with Crippen LogP contribution in [0, 0.1) is 6.57 Å². The van der Waals surface area contributed by atoms with Crippen LogP contribution in [0.1, 0.15) is 5.56 Å². The predicted octanol–water partition coefficient (Wildman–Crippen LogP) is 3.87. The van der Waals surface area contributed by atoms with Gasteiger partial charge in [-0.25, -0.2) is 13.3 Å². The number of benzene rings is 2. The van der Waals surface area contributed by atoms with Crippen molar-refractivity contribution in [3.05, 3.63) is 64.5 Å². The molecule has 2 aromatic rings. The van der Waals surface area contributed by atoms with Gasteiger partial charge in [-0.1, -0.05) is 35.9 Å². The van der Waals surface area contributed by atoms with Crippen LogP contribution in [0.5, 0.6) is 5.75 Å². The third-order valence-electron chi connectivity index (χ3n) is 2.91. The average molecular weight is 322 g/mol. The molecule has 0 aliphatic rings. The van der Waals surface area contributed by atoms with E-state index in [0.717, 1.165) is 0 Å². The molecule has 0 aromatic heterocycles. The molecule has 0 atom stereocenters. The van der Waals surface area contributed by atoms with E-state index in [4.69, 9.17) is 22.9 Å². The van der Waals surface area contributed by atoms with Gasteiger partial charge >= 0.3 is 0 Å². The van der Waals surface area contributed by atoms with Gasteiger partial charge in [0, 0.05) is 10.6 Å². The summed E-state index contributed by atoms with van der Waals surface area (Å²) in [6, 6.07) is 10.7. The Balaban J connectivity index is 2.37. The maximum Gasteiger partial charge on any atom is 0.187 e. The van der Waals surface area contributed by atoms with Crippen LogP contribution in [0.3, 0.4) is 0 Å².